The van der Waals surface area contributed by atoms with Crippen LogP contribution in [0.15, 0.2) is 0 Å². The summed E-state index contributed by atoms with van der Waals surface area (Å²) in [5.74, 6) is 0.226. The molecule has 1 amide bonds. The molecule has 1 heterocycles. The fraction of sp³-hybridized carbons (Fsp3) is 0.636. The maximum Gasteiger partial charge on any atom is 0.333 e. The molecule has 0 aliphatic carbocycles. The average molecular weight is 269 g/mol. The predicted octanol–water partition coefficient (Wildman–Crippen LogP) is 1.23. The fourth-order valence-corrected chi connectivity index (χ4v) is 1.72. The molecule has 1 aromatic heterocycles. The summed E-state index contributed by atoms with van der Waals surface area (Å²) in [6, 6.07) is -0.00472. The third kappa shape index (κ3) is 3.43. The predicted molar refractivity (Wildman–Crippen MR) is 71.2 cm³/mol. The van der Waals surface area contributed by atoms with Crippen LogP contribution in [0.1, 0.15) is 32.0 Å². The van der Waals surface area contributed by atoms with E-state index in [4.69, 9.17) is 0 Å². The highest BCUT2D eigenvalue weighted by molar-refractivity contribution is 5.76. The van der Waals surface area contributed by atoms with Gasteiger partial charge in [0.05, 0.1) is 4.92 Å². The number of carbonyl (C=O) groups is 1. The highest BCUT2D eigenvalue weighted by Gasteiger charge is 2.26. The van der Waals surface area contributed by atoms with Crippen LogP contribution in [-0.4, -0.2) is 34.2 Å². The molecular weight excluding hydrogens is 250 g/mol. The van der Waals surface area contributed by atoms with E-state index in [0.717, 1.165) is 0 Å². The van der Waals surface area contributed by atoms with Gasteiger partial charge < -0.3 is 10.6 Å². The van der Waals surface area contributed by atoms with Crippen LogP contribution in [0.4, 0.5) is 11.5 Å². The molecule has 0 atom stereocenters. The lowest BCUT2D eigenvalue weighted by molar-refractivity contribution is -0.384. The Morgan fingerprint density at radius 1 is 1.53 bits per heavy atom. The van der Waals surface area contributed by atoms with Crippen molar-refractivity contribution in [2.75, 3.05) is 18.9 Å². The van der Waals surface area contributed by atoms with Crippen molar-refractivity contribution in [2.45, 2.75) is 33.2 Å². The van der Waals surface area contributed by atoms with E-state index in [1.807, 2.05) is 13.8 Å². The van der Waals surface area contributed by atoms with Gasteiger partial charge in [-0.05, 0) is 20.8 Å². The minimum atomic E-state index is -0.455. The van der Waals surface area contributed by atoms with Gasteiger partial charge in [-0.3, -0.25) is 14.9 Å². The molecule has 19 heavy (non-hydrogen) atoms. The van der Waals surface area contributed by atoms with Gasteiger partial charge in [-0.2, -0.15) is 5.10 Å². The zero-order valence-electron chi connectivity index (χ0n) is 11.6. The summed E-state index contributed by atoms with van der Waals surface area (Å²) < 4.78 is 1.57. The first kappa shape index (κ1) is 14.9. The standard InChI is InChI=1S/C11H19N5O3/c1-7(2)15-11(13-6-5-9(17)12-4)10(16(18)19)8(3)14-15/h7,13H,5-6H2,1-4H3,(H,12,17). The second-order valence-electron chi connectivity index (χ2n) is 4.43. The van der Waals surface area contributed by atoms with Crippen LogP contribution < -0.4 is 10.6 Å². The third-order valence-electron chi connectivity index (χ3n) is 2.65. The molecule has 0 radical (unpaired) electrons. The van der Waals surface area contributed by atoms with Crippen LogP contribution in [0.3, 0.4) is 0 Å². The minimum absolute atomic E-state index is 0.00472. The van der Waals surface area contributed by atoms with Crippen molar-refractivity contribution in [1.82, 2.24) is 15.1 Å². The average Bonchev–Trinajstić information content (AvgIpc) is 2.66. The zero-order chi connectivity index (χ0) is 14.6. The van der Waals surface area contributed by atoms with Crippen LogP contribution in [0.2, 0.25) is 0 Å². The van der Waals surface area contributed by atoms with Gasteiger partial charge in [-0.15, -0.1) is 0 Å². The van der Waals surface area contributed by atoms with Gasteiger partial charge in [0.1, 0.15) is 5.69 Å². The molecule has 0 unspecified atom stereocenters. The van der Waals surface area contributed by atoms with Crippen LogP contribution in [0, 0.1) is 17.0 Å². The Morgan fingerprint density at radius 3 is 2.63 bits per heavy atom. The van der Waals surface area contributed by atoms with E-state index in [-0.39, 0.29) is 24.1 Å². The monoisotopic (exact) mass is 269 g/mol. The summed E-state index contributed by atoms with van der Waals surface area (Å²) in [6.07, 6.45) is 0.246. The van der Waals surface area contributed by atoms with Crippen molar-refractivity contribution in [3.8, 4) is 0 Å². The molecule has 0 spiro atoms. The van der Waals surface area contributed by atoms with Crippen molar-refractivity contribution in [3.05, 3.63) is 15.8 Å². The number of nitrogens with one attached hydrogen (secondary N) is 2. The molecule has 0 aliphatic heterocycles. The number of rotatable bonds is 6. The number of carbonyl (C=O) groups excluding carboxylic acids is 1. The fourth-order valence-electron chi connectivity index (χ4n) is 1.72. The van der Waals surface area contributed by atoms with Crippen molar-refractivity contribution < 1.29 is 9.72 Å². The van der Waals surface area contributed by atoms with Gasteiger partial charge in [-0.1, -0.05) is 0 Å². The van der Waals surface area contributed by atoms with Gasteiger partial charge >= 0.3 is 5.69 Å². The summed E-state index contributed by atoms with van der Waals surface area (Å²) in [7, 11) is 1.55. The third-order valence-corrected chi connectivity index (χ3v) is 2.65. The lowest BCUT2D eigenvalue weighted by Crippen LogP contribution is -2.22. The number of aryl methyl sites for hydroxylation is 1. The summed E-state index contributed by atoms with van der Waals surface area (Å²) in [5, 5.41) is 20.7. The molecule has 1 aromatic rings. The first-order valence-electron chi connectivity index (χ1n) is 6.06. The second-order valence-corrected chi connectivity index (χ2v) is 4.43. The van der Waals surface area contributed by atoms with Crippen LogP contribution in [0.25, 0.3) is 0 Å². The van der Waals surface area contributed by atoms with Crippen LogP contribution >= 0.6 is 0 Å². The Labute approximate surface area is 111 Å². The highest BCUT2D eigenvalue weighted by atomic mass is 16.6. The van der Waals surface area contributed by atoms with Gasteiger partial charge in [0.25, 0.3) is 0 Å². The lowest BCUT2D eigenvalue weighted by atomic mass is 10.3. The van der Waals surface area contributed by atoms with E-state index in [9.17, 15) is 14.9 Å². The first-order chi connectivity index (χ1) is 8.88. The maximum atomic E-state index is 11.1. The Morgan fingerprint density at radius 2 is 2.16 bits per heavy atom. The topological polar surface area (TPSA) is 102 Å². The highest BCUT2D eigenvalue weighted by Crippen LogP contribution is 2.30. The normalized spacial score (nSPS) is 10.6. The minimum Gasteiger partial charge on any atom is -0.364 e. The summed E-state index contributed by atoms with van der Waals surface area (Å²) in [4.78, 5) is 21.7. The van der Waals surface area contributed by atoms with E-state index in [1.54, 1.807) is 18.7 Å². The number of nitrogens with zero attached hydrogens (tertiary/aromatic N) is 3. The Balaban J connectivity index is 2.95. The first-order valence-corrected chi connectivity index (χ1v) is 6.06. The second kappa shape index (κ2) is 6.17. The quantitative estimate of drug-likeness (QED) is 0.597. The molecule has 0 saturated carbocycles. The summed E-state index contributed by atoms with van der Waals surface area (Å²) in [5.41, 5.74) is 0.326. The zero-order valence-corrected chi connectivity index (χ0v) is 11.6. The Hall–Kier alpha value is -2.12. The maximum absolute atomic E-state index is 11.1. The number of hydrogen-bond acceptors (Lipinski definition) is 5. The van der Waals surface area contributed by atoms with Crippen molar-refractivity contribution in [2.24, 2.45) is 0 Å². The van der Waals surface area contributed by atoms with Gasteiger partial charge in [0.15, 0.2) is 0 Å². The lowest BCUT2D eigenvalue weighted by Gasteiger charge is -2.11. The smallest absolute Gasteiger partial charge is 0.333 e. The van der Waals surface area contributed by atoms with E-state index in [0.29, 0.717) is 18.1 Å². The number of aromatic nitrogens is 2. The van der Waals surface area contributed by atoms with Crippen molar-refractivity contribution >= 4 is 17.4 Å². The van der Waals surface area contributed by atoms with Crippen molar-refractivity contribution in [3.63, 3.8) is 0 Å². The van der Waals surface area contributed by atoms with E-state index in [2.05, 4.69) is 15.7 Å². The van der Waals surface area contributed by atoms with Gasteiger partial charge in [0.2, 0.25) is 11.7 Å². The largest absolute Gasteiger partial charge is 0.364 e. The van der Waals surface area contributed by atoms with E-state index >= 15 is 0 Å². The molecule has 2 N–H and O–H groups in total. The number of amides is 1. The Kier molecular flexibility index (Phi) is 4.85. The molecule has 0 aromatic carbocycles. The van der Waals surface area contributed by atoms with Crippen LogP contribution in [0.5, 0.6) is 0 Å². The van der Waals surface area contributed by atoms with E-state index in [1.165, 1.54) is 0 Å². The molecule has 0 fully saturated rings. The molecule has 1 rings (SSSR count). The summed E-state index contributed by atoms with van der Waals surface area (Å²) in [6.45, 7) is 5.69. The molecule has 0 bridgehead atoms. The Bertz CT molecular complexity index is 481. The SMILES string of the molecule is CNC(=O)CCNc1c([N+](=O)[O-])c(C)nn1C(C)C. The van der Waals surface area contributed by atoms with Crippen molar-refractivity contribution in [1.29, 1.82) is 0 Å². The molecule has 8 heteroatoms. The number of hydrogen-bond donors (Lipinski definition) is 2. The molecular formula is C11H19N5O3. The summed E-state index contributed by atoms with van der Waals surface area (Å²) >= 11 is 0. The number of anilines is 1. The number of nitro groups is 1. The molecule has 0 aliphatic rings. The molecule has 0 saturated heterocycles. The molecule has 8 nitrogen and oxygen atoms in total. The van der Waals surface area contributed by atoms with E-state index < -0.39 is 4.92 Å². The van der Waals surface area contributed by atoms with Gasteiger partial charge in [-0.25, -0.2) is 4.68 Å². The van der Waals surface area contributed by atoms with Gasteiger partial charge in [0, 0.05) is 26.1 Å². The molecule has 106 valence electrons. The van der Waals surface area contributed by atoms with Crippen LogP contribution in [-0.2, 0) is 4.79 Å².